The number of carbonyl (C=O) groups is 1. The highest BCUT2D eigenvalue weighted by Gasteiger charge is 2.27. The lowest BCUT2D eigenvalue weighted by atomic mass is 9.99. The molecule has 1 heterocycles. The molecule has 0 unspecified atom stereocenters. The minimum atomic E-state index is -0.637. The van der Waals surface area contributed by atoms with Crippen molar-refractivity contribution < 1.29 is 9.53 Å². The summed E-state index contributed by atoms with van der Waals surface area (Å²) >= 11 is 0. The zero-order valence-electron chi connectivity index (χ0n) is 12.5. The SMILES string of the molecule is COC(C)(C)C(=O)CCN1CCC(N(C)C)CC1. The van der Waals surface area contributed by atoms with Gasteiger partial charge in [0, 0.05) is 26.1 Å². The Labute approximate surface area is 111 Å². The van der Waals surface area contributed by atoms with Crippen molar-refractivity contribution in [2.24, 2.45) is 0 Å². The molecule has 1 fully saturated rings. The van der Waals surface area contributed by atoms with E-state index in [0.29, 0.717) is 12.5 Å². The standard InChI is InChI=1S/C14H28N2O2/c1-14(2,18-5)13(17)8-11-16-9-6-12(7-10-16)15(3)4/h12H,6-11H2,1-5H3. The lowest BCUT2D eigenvalue weighted by Crippen LogP contribution is -2.43. The van der Waals surface area contributed by atoms with Gasteiger partial charge in [-0.15, -0.1) is 0 Å². The fourth-order valence-corrected chi connectivity index (χ4v) is 2.33. The second kappa shape index (κ2) is 6.64. The highest BCUT2D eigenvalue weighted by atomic mass is 16.5. The summed E-state index contributed by atoms with van der Waals surface area (Å²) in [6.07, 6.45) is 3.00. The third kappa shape index (κ3) is 4.34. The van der Waals surface area contributed by atoms with Crippen molar-refractivity contribution >= 4 is 5.78 Å². The van der Waals surface area contributed by atoms with Crippen LogP contribution in [0.5, 0.6) is 0 Å². The molecule has 1 saturated heterocycles. The van der Waals surface area contributed by atoms with E-state index in [1.807, 2.05) is 13.8 Å². The van der Waals surface area contributed by atoms with E-state index in [1.165, 1.54) is 12.8 Å². The lowest BCUT2D eigenvalue weighted by molar-refractivity contribution is -0.137. The van der Waals surface area contributed by atoms with Crippen molar-refractivity contribution in [3.63, 3.8) is 0 Å². The number of hydrogen-bond acceptors (Lipinski definition) is 4. The van der Waals surface area contributed by atoms with Crippen molar-refractivity contribution in [1.82, 2.24) is 9.80 Å². The second-order valence-electron chi connectivity index (χ2n) is 5.92. The number of ether oxygens (including phenoxy) is 1. The molecule has 106 valence electrons. The van der Waals surface area contributed by atoms with Crippen LogP contribution in [0.25, 0.3) is 0 Å². The molecule has 4 nitrogen and oxygen atoms in total. The molecule has 0 bridgehead atoms. The van der Waals surface area contributed by atoms with Crippen LogP contribution in [0.3, 0.4) is 0 Å². The van der Waals surface area contributed by atoms with Crippen LogP contribution < -0.4 is 0 Å². The molecular weight excluding hydrogens is 228 g/mol. The quantitative estimate of drug-likeness (QED) is 0.719. The van der Waals surface area contributed by atoms with Gasteiger partial charge in [0.25, 0.3) is 0 Å². The molecule has 0 aliphatic carbocycles. The van der Waals surface area contributed by atoms with Gasteiger partial charge in [-0.3, -0.25) is 4.79 Å². The van der Waals surface area contributed by atoms with E-state index in [0.717, 1.165) is 19.6 Å². The zero-order chi connectivity index (χ0) is 13.8. The molecule has 0 radical (unpaired) electrons. The van der Waals surface area contributed by atoms with Gasteiger partial charge in [-0.05, 0) is 53.9 Å². The van der Waals surface area contributed by atoms with Gasteiger partial charge in [-0.25, -0.2) is 0 Å². The second-order valence-corrected chi connectivity index (χ2v) is 5.92. The fourth-order valence-electron chi connectivity index (χ4n) is 2.33. The predicted molar refractivity (Wildman–Crippen MR) is 73.9 cm³/mol. The summed E-state index contributed by atoms with van der Waals surface area (Å²) < 4.78 is 5.21. The van der Waals surface area contributed by atoms with E-state index < -0.39 is 5.60 Å². The van der Waals surface area contributed by atoms with Gasteiger partial charge in [0.05, 0.1) is 0 Å². The first-order valence-electron chi connectivity index (χ1n) is 6.84. The molecule has 4 heteroatoms. The minimum Gasteiger partial charge on any atom is -0.371 e. The van der Waals surface area contributed by atoms with Crippen LogP contribution in [-0.2, 0) is 9.53 Å². The van der Waals surface area contributed by atoms with Crippen molar-refractivity contribution in [3.05, 3.63) is 0 Å². The van der Waals surface area contributed by atoms with Crippen molar-refractivity contribution in [3.8, 4) is 0 Å². The van der Waals surface area contributed by atoms with Gasteiger partial charge in [0.1, 0.15) is 5.60 Å². The van der Waals surface area contributed by atoms with Gasteiger partial charge in [-0.2, -0.15) is 0 Å². The number of rotatable bonds is 6. The van der Waals surface area contributed by atoms with Gasteiger partial charge in [0.15, 0.2) is 5.78 Å². The van der Waals surface area contributed by atoms with Crippen molar-refractivity contribution in [1.29, 1.82) is 0 Å². The summed E-state index contributed by atoms with van der Waals surface area (Å²) in [5.41, 5.74) is -0.637. The number of nitrogens with zero attached hydrogens (tertiary/aromatic N) is 2. The molecule has 1 aliphatic rings. The van der Waals surface area contributed by atoms with Crippen LogP contribution in [0, 0.1) is 0 Å². The number of carbonyl (C=O) groups excluding carboxylic acids is 1. The highest BCUT2D eigenvalue weighted by molar-refractivity contribution is 5.86. The maximum Gasteiger partial charge on any atom is 0.165 e. The van der Waals surface area contributed by atoms with Gasteiger partial charge in [0.2, 0.25) is 0 Å². The summed E-state index contributed by atoms with van der Waals surface area (Å²) in [6, 6.07) is 0.701. The summed E-state index contributed by atoms with van der Waals surface area (Å²) in [4.78, 5) is 16.6. The monoisotopic (exact) mass is 256 g/mol. The van der Waals surface area contributed by atoms with Crippen molar-refractivity contribution in [2.45, 2.75) is 44.8 Å². The molecule has 0 saturated carbocycles. The van der Waals surface area contributed by atoms with Crippen LogP contribution in [0.1, 0.15) is 33.1 Å². The van der Waals surface area contributed by atoms with Gasteiger partial charge < -0.3 is 14.5 Å². The third-order valence-corrected chi connectivity index (χ3v) is 4.12. The Hall–Kier alpha value is -0.450. The Balaban J connectivity index is 2.28. The Bertz CT molecular complexity index is 269. The Morgan fingerprint density at radius 2 is 1.89 bits per heavy atom. The van der Waals surface area contributed by atoms with E-state index in [-0.39, 0.29) is 5.78 Å². The molecule has 0 spiro atoms. The smallest absolute Gasteiger partial charge is 0.165 e. The Morgan fingerprint density at radius 1 is 1.33 bits per heavy atom. The summed E-state index contributed by atoms with van der Waals surface area (Å²) in [5, 5.41) is 0. The summed E-state index contributed by atoms with van der Waals surface area (Å²) in [5.74, 6) is 0.194. The van der Waals surface area contributed by atoms with Crippen LogP contribution in [0.4, 0.5) is 0 Å². The normalized spacial score (nSPS) is 19.4. The molecule has 0 amide bonds. The van der Waals surface area contributed by atoms with E-state index in [2.05, 4.69) is 23.9 Å². The summed E-state index contributed by atoms with van der Waals surface area (Å²) in [7, 11) is 5.89. The minimum absolute atomic E-state index is 0.194. The van der Waals surface area contributed by atoms with Crippen LogP contribution in [0.2, 0.25) is 0 Å². The molecule has 0 atom stereocenters. The summed E-state index contributed by atoms with van der Waals surface area (Å²) in [6.45, 7) is 6.75. The van der Waals surface area contributed by atoms with Crippen molar-refractivity contribution in [2.75, 3.05) is 40.8 Å². The third-order valence-electron chi connectivity index (χ3n) is 4.12. The van der Waals surface area contributed by atoms with E-state index in [4.69, 9.17) is 4.74 Å². The molecule has 18 heavy (non-hydrogen) atoms. The topological polar surface area (TPSA) is 32.8 Å². The predicted octanol–water partition coefficient (Wildman–Crippen LogP) is 1.40. The first-order valence-corrected chi connectivity index (χ1v) is 6.84. The van der Waals surface area contributed by atoms with E-state index >= 15 is 0 Å². The number of likely N-dealkylation sites (tertiary alicyclic amines) is 1. The Morgan fingerprint density at radius 3 is 2.33 bits per heavy atom. The average molecular weight is 256 g/mol. The maximum atomic E-state index is 12.0. The largest absolute Gasteiger partial charge is 0.371 e. The van der Waals surface area contributed by atoms with E-state index in [9.17, 15) is 4.79 Å². The molecule has 0 aromatic heterocycles. The molecule has 0 aromatic carbocycles. The molecule has 1 aliphatic heterocycles. The van der Waals surface area contributed by atoms with Crippen LogP contribution in [0.15, 0.2) is 0 Å². The first kappa shape index (κ1) is 15.6. The van der Waals surface area contributed by atoms with Gasteiger partial charge in [-0.1, -0.05) is 0 Å². The Kier molecular flexibility index (Phi) is 5.76. The zero-order valence-corrected chi connectivity index (χ0v) is 12.5. The number of piperidine rings is 1. The lowest BCUT2D eigenvalue weighted by Gasteiger charge is -2.35. The number of methoxy groups -OCH3 is 1. The molecule has 0 N–H and O–H groups in total. The fraction of sp³-hybridized carbons (Fsp3) is 0.929. The molecule has 1 rings (SSSR count). The van der Waals surface area contributed by atoms with Crippen LogP contribution >= 0.6 is 0 Å². The molecular formula is C14H28N2O2. The van der Waals surface area contributed by atoms with E-state index in [1.54, 1.807) is 7.11 Å². The van der Waals surface area contributed by atoms with Crippen LogP contribution in [-0.4, -0.2) is 68.1 Å². The molecule has 0 aromatic rings. The number of hydrogen-bond donors (Lipinski definition) is 0. The number of ketones is 1. The number of Topliss-reactive ketones (excluding diaryl/α,β-unsaturated/α-hetero) is 1. The van der Waals surface area contributed by atoms with Gasteiger partial charge >= 0.3 is 0 Å². The maximum absolute atomic E-state index is 12.0. The first-order chi connectivity index (χ1) is 8.36. The highest BCUT2D eigenvalue weighted by Crippen LogP contribution is 2.16. The average Bonchev–Trinajstić information content (AvgIpc) is 2.36.